The molecule has 0 saturated carbocycles. The number of hydrogen-bond donors (Lipinski definition) is 1. The SMILES string of the molecule is CCOCCN(C)C(=O)C1(N)CCOCC1. The number of hydrogen-bond acceptors (Lipinski definition) is 4. The molecule has 1 aliphatic rings. The number of ether oxygens (including phenoxy) is 2. The van der Waals surface area contributed by atoms with Crippen molar-refractivity contribution in [1.29, 1.82) is 0 Å². The molecule has 1 saturated heterocycles. The van der Waals surface area contributed by atoms with Gasteiger partial charge in [-0.05, 0) is 19.8 Å². The van der Waals surface area contributed by atoms with Gasteiger partial charge in [-0.15, -0.1) is 0 Å². The van der Waals surface area contributed by atoms with Crippen molar-refractivity contribution in [3.63, 3.8) is 0 Å². The van der Waals surface area contributed by atoms with Crippen molar-refractivity contribution in [2.75, 3.05) is 40.0 Å². The molecule has 0 aliphatic carbocycles. The van der Waals surface area contributed by atoms with E-state index < -0.39 is 5.54 Å². The molecule has 2 N–H and O–H groups in total. The Morgan fingerprint density at radius 3 is 2.69 bits per heavy atom. The minimum Gasteiger partial charge on any atom is -0.381 e. The molecule has 0 radical (unpaired) electrons. The third-order valence-corrected chi connectivity index (χ3v) is 2.93. The van der Waals surface area contributed by atoms with Crippen molar-refractivity contribution in [2.24, 2.45) is 5.73 Å². The highest BCUT2D eigenvalue weighted by Gasteiger charge is 2.37. The van der Waals surface area contributed by atoms with Gasteiger partial charge in [0.05, 0.1) is 12.1 Å². The molecule has 0 bridgehead atoms. The predicted octanol–water partition coefficient (Wildman–Crippen LogP) is -0.0108. The molecule has 1 heterocycles. The predicted molar refractivity (Wildman–Crippen MR) is 61.1 cm³/mol. The fourth-order valence-electron chi connectivity index (χ4n) is 1.78. The molecule has 5 heteroatoms. The summed E-state index contributed by atoms with van der Waals surface area (Å²) in [5.41, 5.74) is 5.36. The molecule has 94 valence electrons. The topological polar surface area (TPSA) is 64.8 Å². The van der Waals surface area contributed by atoms with E-state index in [-0.39, 0.29) is 5.91 Å². The van der Waals surface area contributed by atoms with E-state index in [1.165, 1.54) is 0 Å². The Kier molecular flexibility index (Phi) is 5.18. The van der Waals surface area contributed by atoms with Gasteiger partial charge < -0.3 is 20.1 Å². The molecular formula is C11H22N2O3. The van der Waals surface area contributed by atoms with Gasteiger partial charge in [0, 0.05) is 33.4 Å². The molecule has 0 aromatic carbocycles. The highest BCUT2D eigenvalue weighted by Crippen LogP contribution is 2.19. The second kappa shape index (κ2) is 6.18. The fourth-order valence-corrected chi connectivity index (χ4v) is 1.78. The van der Waals surface area contributed by atoms with Gasteiger partial charge in [0.15, 0.2) is 0 Å². The lowest BCUT2D eigenvalue weighted by atomic mass is 9.90. The summed E-state index contributed by atoms with van der Waals surface area (Å²) in [7, 11) is 1.77. The Balaban J connectivity index is 2.41. The van der Waals surface area contributed by atoms with Crippen LogP contribution in [-0.4, -0.2) is 56.4 Å². The van der Waals surface area contributed by atoms with Crippen LogP contribution in [0.2, 0.25) is 0 Å². The molecular weight excluding hydrogens is 208 g/mol. The molecule has 1 amide bonds. The first kappa shape index (κ1) is 13.4. The van der Waals surface area contributed by atoms with E-state index in [1.807, 2.05) is 6.92 Å². The number of carbonyl (C=O) groups excluding carboxylic acids is 1. The van der Waals surface area contributed by atoms with Gasteiger partial charge in [-0.2, -0.15) is 0 Å². The maximum atomic E-state index is 12.1. The molecule has 0 unspecified atom stereocenters. The van der Waals surface area contributed by atoms with E-state index in [0.29, 0.717) is 45.8 Å². The molecule has 0 aromatic rings. The first-order valence-corrected chi connectivity index (χ1v) is 5.80. The van der Waals surface area contributed by atoms with Gasteiger partial charge in [0.1, 0.15) is 0 Å². The van der Waals surface area contributed by atoms with Crippen molar-refractivity contribution in [2.45, 2.75) is 25.3 Å². The van der Waals surface area contributed by atoms with Gasteiger partial charge in [0.2, 0.25) is 5.91 Å². The molecule has 5 nitrogen and oxygen atoms in total. The zero-order chi connectivity index (χ0) is 12.0. The van der Waals surface area contributed by atoms with Crippen molar-refractivity contribution >= 4 is 5.91 Å². The van der Waals surface area contributed by atoms with Crippen LogP contribution in [0, 0.1) is 0 Å². The zero-order valence-electron chi connectivity index (χ0n) is 10.2. The number of likely N-dealkylation sites (N-methyl/N-ethyl adjacent to an activating group) is 1. The lowest BCUT2D eigenvalue weighted by Gasteiger charge is -2.35. The van der Waals surface area contributed by atoms with Crippen LogP contribution in [0.4, 0.5) is 0 Å². The maximum absolute atomic E-state index is 12.1. The number of nitrogens with two attached hydrogens (primary N) is 1. The highest BCUT2D eigenvalue weighted by atomic mass is 16.5. The number of rotatable bonds is 5. The Morgan fingerprint density at radius 2 is 2.12 bits per heavy atom. The van der Waals surface area contributed by atoms with Crippen LogP contribution in [0.25, 0.3) is 0 Å². The van der Waals surface area contributed by atoms with Crippen LogP contribution in [0.15, 0.2) is 0 Å². The van der Waals surface area contributed by atoms with Crippen molar-refractivity contribution in [3.05, 3.63) is 0 Å². The summed E-state index contributed by atoms with van der Waals surface area (Å²) >= 11 is 0. The standard InChI is InChI=1S/C11H22N2O3/c1-3-15-9-6-13(2)10(14)11(12)4-7-16-8-5-11/h3-9,12H2,1-2H3. The van der Waals surface area contributed by atoms with E-state index in [2.05, 4.69) is 0 Å². The number of amides is 1. The summed E-state index contributed by atoms with van der Waals surface area (Å²) in [5, 5.41) is 0. The first-order valence-electron chi connectivity index (χ1n) is 5.80. The zero-order valence-corrected chi connectivity index (χ0v) is 10.2. The van der Waals surface area contributed by atoms with Gasteiger partial charge in [-0.3, -0.25) is 4.79 Å². The van der Waals surface area contributed by atoms with Gasteiger partial charge >= 0.3 is 0 Å². The monoisotopic (exact) mass is 230 g/mol. The minimum atomic E-state index is -0.737. The number of nitrogens with zero attached hydrogens (tertiary/aromatic N) is 1. The smallest absolute Gasteiger partial charge is 0.242 e. The van der Waals surface area contributed by atoms with Crippen LogP contribution < -0.4 is 5.73 Å². The van der Waals surface area contributed by atoms with Gasteiger partial charge in [-0.25, -0.2) is 0 Å². The van der Waals surface area contributed by atoms with Gasteiger partial charge in [0.25, 0.3) is 0 Å². The Morgan fingerprint density at radius 1 is 1.50 bits per heavy atom. The summed E-state index contributed by atoms with van der Waals surface area (Å²) in [6, 6.07) is 0. The van der Waals surface area contributed by atoms with Gasteiger partial charge in [-0.1, -0.05) is 0 Å². The quantitative estimate of drug-likeness (QED) is 0.675. The van der Waals surface area contributed by atoms with E-state index >= 15 is 0 Å². The van der Waals surface area contributed by atoms with E-state index in [1.54, 1.807) is 11.9 Å². The molecule has 1 fully saturated rings. The molecule has 0 atom stereocenters. The van der Waals surface area contributed by atoms with Crippen LogP contribution in [0.5, 0.6) is 0 Å². The van der Waals surface area contributed by atoms with E-state index in [9.17, 15) is 4.79 Å². The summed E-state index contributed by atoms with van der Waals surface area (Å²) < 4.78 is 10.4. The normalized spacial score (nSPS) is 19.4. The molecule has 1 rings (SSSR count). The molecule has 0 spiro atoms. The summed E-state index contributed by atoms with van der Waals surface area (Å²) in [6.07, 6.45) is 1.20. The van der Waals surface area contributed by atoms with Crippen LogP contribution in [-0.2, 0) is 14.3 Å². The highest BCUT2D eigenvalue weighted by molar-refractivity contribution is 5.86. The largest absolute Gasteiger partial charge is 0.381 e. The van der Waals surface area contributed by atoms with E-state index in [0.717, 1.165) is 0 Å². The molecule has 0 aromatic heterocycles. The Bertz CT molecular complexity index is 227. The second-order valence-corrected chi connectivity index (χ2v) is 4.19. The molecule has 16 heavy (non-hydrogen) atoms. The fraction of sp³-hybridized carbons (Fsp3) is 0.909. The first-order chi connectivity index (χ1) is 7.60. The Labute approximate surface area is 96.9 Å². The maximum Gasteiger partial charge on any atom is 0.242 e. The number of carbonyl (C=O) groups is 1. The third-order valence-electron chi connectivity index (χ3n) is 2.93. The lowest BCUT2D eigenvalue weighted by Crippen LogP contribution is -2.57. The second-order valence-electron chi connectivity index (χ2n) is 4.19. The van der Waals surface area contributed by atoms with Crippen LogP contribution in [0.3, 0.4) is 0 Å². The van der Waals surface area contributed by atoms with E-state index in [4.69, 9.17) is 15.2 Å². The van der Waals surface area contributed by atoms with Crippen molar-refractivity contribution in [1.82, 2.24) is 4.90 Å². The minimum absolute atomic E-state index is 0.00416. The average molecular weight is 230 g/mol. The summed E-state index contributed by atoms with van der Waals surface area (Å²) in [6.45, 7) is 4.90. The third kappa shape index (κ3) is 3.43. The van der Waals surface area contributed by atoms with Crippen molar-refractivity contribution < 1.29 is 14.3 Å². The molecule has 1 aliphatic heterocycles. The summed E-state index contributed by atoms with van der Waals surface area (Å²) in [5.74, 6) is -0.00416. The summed E-state index contributed by atoms with van der Waals surface area (Å²) in [4.78, 5) is 13.8. The Hall–Kier alpha value is -0.650. The van der Waals surface area contributed by atoms with Crippen LogP contribution in [0.1, 0.15) is 19.8 Å². The van der Waals surface area contributed by atoms with Crippen LogP contribution >= 0.6 is 0 Å². The lowest BCUT2D eigenvalue weighted by molar-refractivity contribution is -0.139. The van der Waals surface area contributed by atoms with Crippen molar-refractivity contribution in [3.8, 4) is 0 Å². The average Bonchev–Trinajstić information content (AvgIpc) is 2.29.